The molecule has 0 radical (unpaired) electrons. The molecule has 0 aromatic carbocycles. The zero-order valence-electron chi connectivity index (χ0n) is 11.3. The van der Waals surface area contributed by atoms with E-state index in [4.69, 9.17) is 15.6 Å². The van der Waals surface area contributed by atoms with Crippen LogP contribution < -0.4 is 11.1 Å². The topological polar surface area (TPSA) is 97.5 Å². The average Bonchev–Trinajstić information content (AvgIpc) is 2.76. The van der Waals surface area contributed by atoms with E-state index in [0.717, 1.165) is 24.4 Å². The highest BCUT2D eigenvalue weighted by atomic mass is 32.1. The third-order valence-electron chi connectivity index (χ3n) is 2.67. The molecule has 1 unspecified atom stereocenters. The van der Waals surface area contributed by atoms with E-state index in [1.165, 1.54) is 0 Å². The molecule has 0 aliphatic carbocycles. The van der Waals surface area contributed by atoms with Crippen LogP contribution in [0.25, 0.3) is 0 Å². The van der Waals surface area contributed by atoms with Crippen molar-refractivity contribution in [3.8, 4) is 0 Å². The molecule has 1 atom stereocenters. The molecule has 0 saturated carbocycles. The average molecular weight is 287 g/mol. The molecule has 0 aliphatic rings. The van der Waals surface area contributed by atoms with E-state index in [-0.39, 0.29) is 18.3 Å². The number of hydrogen-bond acceptors (Lipinski definition) is 7. The van der Waals surface area contributed by atoms with Gasteiger partial charge < -0.3 is 20.9 Å². The molecule has 1 aromatic rings. The Hall–Kier alpha value is -1.34. The van der Waals surface area contributed by atoms with Crippen molar-refractivity contribution in [1.29, 1.82) is 0 Å². The lowest BCUT2D eigenvalue weighted by Gasteiger charge is -2.09. The summed E-state index contributed by atoms with van der Waals surface area (Å²) in [5.74, 6) is 0.0486. The van der Waals surface area contributed by atoms with Crippen molar-refractivity contribution in [2.45, 2.75) is 26.7 Å². The Morgan fingerprint density at radius 3 is 3.00 bits per heavy atom. The number of nitrogen functional groups attached to an aromatic ring is 1. The zero-order chi connectivity index (χ0) is 14.3. The van der Waals surface area contributed by atoms with Crippen molar-refractivity contribution >= 4 is 28.3 Å². The number of aliphatic hydroxyl groups is 1. The van der Waals surface area contributed by atoms with Crippen LogP contribution in [0.3, 0.4) is 0 Å². The standard InChI is InChI=1S/C12H21N3O3S/c1-3-18-12(17)9-10(13)15-19-11(9)14-6-4-5-8(2)7-16/h8,14,16H,3-7H2,1-2H3,(H2,13,15). The number of carbonyl (C=O) groups is 1. The summed E-state index contributed by atoms with van der Waals surface area (Å²) >= 11 is 1.16. The zero-order valence-corrected chi connectivity index (χ0v) is 12.1. The fourth-order valence-electron chi connectivity index (χ4n) is 1.57. The highest BCUT2D eigenvalue weighted by Crippen LogP contribution is 2.27. The van der Waals surface area contributed by atoms with Crippen LogP contribution in [0.1, 0.15) is 37.0 Å². The van der Waals surface area contributed by atoms with E-state index in [0.29, 0.717) is 23.7 Å². The van der Waals surface area contributed by atoms with Crippen LogP contribution in [-0.2, 0) is 4.74 Å². The second-order valence-electron chi connectivity index (χ2n) is 4.35. The predicted molar refractivity (Wildman–Crippen MR) is 76.5 cm³/mol. The molecular formula is C12H21N3O3S. The lowest BCUT2D eigenvalue weighted by atomic mass is 10.1. The van der Waals surface area contributed by atoms with Crippen LogP contribution in [0.5, 0.6) is 0 Å². The molecule has 108 valence electrons. The van der Waals surface area contributed by atoms with Crippen LogP contribution in [0.4, 0.5) is 10.8 Å². The van der Waals surface area contributed by atoms with Gasteiger partial charge in [-0.3, -0.25) is 0 Å². The molecule has 0 amide bonds. The third kappa shape index (κ3) is 4.68. The molecule has 0 fully saturated rings. The Morgan fingerprint density at radius 2 is 2.37 bits per heavy atom. The molecule has 0 aliphatic heterocycles. The number of aliphatic hydroxyl groups excluding tert-OH is 1. The molecule has 1 heterocycles. The van der Waals surface area contributed by atoms with Gasteiger partial charge in [0.05, 0.1) is 6.61 Å². The molecule has 0 bridgehead atoms. The summed E-state index contributed by atoms with van der Waals surface area (Å²) < 4.78 is 8.91. The van der Waals surface area contributed by atoms with Gasteiger partial charge in [0.15, 0.2) is 5.82 Å². The summed E-state index contributed by atoms with van der Waals surface area (Å²) in [6, 6.07) is 0. The summed E-state index contributed by atoms with van der Waals surface area (Å²) in [6.45, 7) is 4.95. The number of ether oxygens (including phenoxy) is 1. The lowest BCUT2D eigenvalue weighted by molar-refractivity contribution is 0.0529. The first-order chi connectivity index (χ1) is 9.10. The van der Waals surface area contributed by atoms with Crippen molar-refractivity contribution in [3.05, 3.63) is 5.56 Å². The van der Waals surface area contributed by atoms with Crippen LogP contribution in [0.15, 0.2) is 0 Å². The van der Waals surface area contributed by atoms with Crippen LogP contribution in [0, 0.1) is 5.92 Å². The number of aromatic nitrogens is 1. The molecule has 4 N–H and O–H groups in total. The van der Waals surface area contributed by atoms with E-state index in [9.17, 15) is 4.79 Å². The minimum Gasteiger partial charge on any atom is -0.462 e. The molecule has 19 heavy (non-hydrogen) atoms. The van der Waals surface area contributed by atoms with E-state index in [1.54, 1.807) is 6.92 Å². The maximum Gasteiger partial charge on any atom is 0.344 e. The van der Waals surface area contributed by atoms with Gasteiger partial charge in [-0.25, -0.2) is 4.79 Å². The summed E-state index contributed by atoms with van der Waals surface area (Å²) in [5.41, 5.74) is 5.99. The van der Waals surface area contributed by atoms with Gasteiger partial charge in [-0.15, -0.1) is 0 Å². The molecule has 0 spiro atoms. The van der Waals surface area contributed by atoms with Gasteiger partial charge in [-0.2, -0.15) is 4.37 Å². The smallest absolute Gasteiger partial charge is 0.344 e. The Bertz CT molecular complexity index is 409. The Kier molecular flexibility index (Phi) is 6.58. The number of nitrogens with one attached hydrogen (secondary N) is 1. The van der Waals surface area contributed by atoms with E-state index < -0.39 is 5.97 Å². The fraction of sp³-hybridized carbons (Fsp3) is 0.667. The van der Waals surface area contributed by atoms with Crippen molar-refractivity contribution in [2.75, 3.05) is 30.8 Å². The summed E-state index contributed by atoms with van der Waals surface area (Å²) in [7, 11) is 0. The minimum atomic E-state index is -0.444. The van der Waals surface area contributed by atoms with Crippen LogP contribution in [0.2, 0.25) is 0 Å². The quantitative estimate of drug-likeness (QED) is 0.497. The van der Waals surface area contributed by atoms with E-state index in [1.807, 2.05) is 6.92 Å². The van der Waals surface area contributed by atoms with Gasteiger partial charge in [-0.1, -0.05) is 6.92 Å². The van der Waals surface area contributed by atoms with Crippen molar-refractivity contribution < 1.29 is 14.6 Å². The van der Waals surface area contributed by atoms with Gasteiger partial charge >= 0.3 is 5.97 Å². The first-order valence-corrected chi connectivity index (χ1v) is 7.14. The SMILES string of the molecule is CCOC(=O)c1c(N)nsc1NCCCC(C)CO. The maximum atomic E-state index is 11.7. The number of anilines is 2. The predicted octanol–water partition coefficient (Wildman–Crippen LogP) is 1.72. The van der Waals surface area contributed by atoms with Crippen molar-refractivity contribution in [1.82, 2.24) is 4.37 Å². The Morgan fingerprint density at radius 1 is 1.63 bits per heavy atom. The molecular weight excluding hydrogens is 266 g/mol. The number of nitrogens with zero attached hydrogens (tertiary/aromatic N) is 1. The fourth-order valence-corrected chi connectivity index (χ4v) is 2.29. The van der Waals surface area contributed by atoms with Gasteiger partial charge in [0.1, 0.15) is 10.6 Å². The van der Waals surface area contributed by atoms with E-state index in [2.05, 4.69) is 9.69 Å². The van der Waals surface area contributed by atoms with Crippen LogP contribution in [-0.4, -0.2) is 35.2 Å². The second kappa shape index (κ2) is 7.96. The lowest BCUT2D eigenvalue weighted by Crippen LogP contribution is -2.11. The molecule has 1 rings (SSSR count). The molecule has 6 nitrogen and oxygen atoms in total. The normalized spacial score (nSPS) is 12.2. The number of rotatable bonds is 8. The summed E-state index contributed by atoms with van der Waals surface area (Å²) in [6.07, 6.45) is 1.83. The monoisotopic (exact) mass is 287 g/mol. The van der Waals surface area contributed by atoms with Gasteiger partial charge in [-0.05, 0) is 37.2 Å². The maximum absolute atomic E-state index is 11.7. The summed E-state index contributed by atoms with van der Waals surface area (Å²) in [4.78, 5) is 11.7. The number of esters is 1. The first-order valence-electron chi connectivity index (χ1n) is 6.37. The molecule has 7 heteroatoms. The Balaban J connectivity index is 2.52. The molecule has 0 saturated heterocycles. The highest BCUT2D eigenvalue weighted by Gasteiger charge is 2.20. The minimum absolute atomic E-state index is 0.196. The number of hydrogen-bond donors (Lipinski definition) is 3. The first kappa shape index (κ1) is 15.7. The van der Waals surface area contributed by atoms with Crippen molar-refractivity contribution in [3.63, 3.8) is 0 Å². The largest absolute Gasteiger partial charge is 0.462 e. The van der Waals surface area contributed by atoms with Crippen molar-refractivity contribution in [2.24, 2.45) is 5.92 Å². The molecule has 1 aromatic heterocycles. The second-order valence-corrected chi connectivity index (χ2v) is 5.12. The highest BCUT2D eigenvalue weighted by molar-refractivity contribution is 7.11. The third-order valence-corrected chi connectivity index (χ3v) is 3.49. The summed E-state index contributed by atoms with van der Waals surface area (Å²) in [5, 5.41) is 12.7. The van der Waals surface area contributed by atoms with Crippen LogP contribution >= 0.6 is 11.5 Å². The number of nitrogens with two attached hydrogens (primary N) is 1. The van der Waals surface area contributed by atoms with Gasteiger partial charge in [0, 0.05) is 13.2 Å². The number of carbonyl (C=O) groups excluding carboxylic acids is 1. The van der Waals surface area contributed by atoms with Gasteiger partial charge in [0.2, 0.25) is 0 Å². The van der Waals surface area contributed by atoms with Gasteiger partial charge in [0.25, 0.3) is 0 Å². The van der Waals surface area contributed by atoms with E-state index >= 15 is 0 Å². The Labute approximate surface area is 117 Å².